The molecular weight excluding hydrogens is 1580 g/mol. The number of nitrogens with two attached hydrogens (primary N) is 11. The third-order valence-electron chi connectivity index (χ3n) is 25.4. The van der Waals surface area contributed by atoms with E-state index in [-0.39, 0.29) is 74.9 Å². The lowest BCUT2D eigenvalue weighted by Gasteiger charge is -2.48. The number of nitrogens with one attached hydrogen (secondary N) is 5. The molecule has 4 aliphatic carbocycles. The zero-order valence-corrected chi connectivity index (χ0v) is 70.3. The largest absolute Gasteiger partial charge is 0.394 e. The zero-order valence-electron chi connectivity index (χ0n) is 70.3. The van der Waals surface area contributed by atoms with E-state index in [0.29, 0.717) is 68.1 Å². The number of rotatable bonds is 23. The maximum absolute atomic E-state index is 11.1. The summed E-state index contributed by atoms with van der Waals surface area (Å²) in [6.45, 7) is 8.33. The quantitative estimate of drug-likeness (QED) is 0.0491. The molecular formula is C75H144N20O25. The van der Waals surface area contributed by atoms with Crippen molar-refractivity contribution in [2.75, 3.05) is 66.5 Å². The fraction of sp³-hybridized carbons (Fsp3) is 0.933. The summed E-state index contributed by atoms with van der Waals surface area (Å²) in [6, 6.07) is -6.45. The van der Waals surface area contributed by atoms with Crippen molar-refractivity contribution in [2.45, 2.75) is 379 Å². The van der Waals surface area contributed by atoms with Crippen LogP contribution in [0.2, 0.25) is 0 Å². The molecule has 45 nitrogen and oxygen atoms in total. The molecule has 2 aromatic heterocycles. The highest BCUT2D eigenvalue weighted by atomic mass is 16.7. The average Bonchev–Trinajstić information content (AvgIpc) is 1.46. The van der Waals surface area contributed by atoms with Crippen molar-refractivity contribution in [1.29, 1.82) is 0 Å². The summed E-state index contributed by atoms with van der Waals surface area (Å²) in [5.74, 6) is 0.664. The molecule has 7 aliphatic heterocycles. The monoisotopic (exact) mass is 1730 g/mol. The van der Waals surface area contributed by atoms with Gasteiger partial charge in [0.1, 0.15) is 115 Å². The van der Waals surface area contributed by atoms with Crippen LogP contribution in [0.25, 0.3) is 11.2 Å². The average molecular weight is 1730 g/mol. The van der Waals surface area contributed by atoms with E-state index in [1.54, 1.807) is 46.5 Å². The Balaban J connectivity index is 0.000000169. The van der Waals surface area contributed by atoms with Crippen LogP contribution in [0.4, 0.5) is 5.82 Å². The molecule has 694 valence electrons. The Kier molecular flexibility index (Phi) is 35.6. The Morgan fingerprint density at radius 2 is 0.842 bits per heavy atom. The number of ether oxygens (including phenoxy) is 13. The van der Waals surface area contributed by atoms with E-state index in [4.69, 9.17) is 125 Å². The lowest BCUT2D eigenvalue weighted by Crippen LogP contribution is -2.68. The zero-order chi connectivity index (χ0) is 87.9. The third-order valence-corrected chi connectivity index (χ3v) is 25.4. The van der Waals surface area contributed by atoms with Crippen molar-refractivity contribution < 1.29 is 123 Å². The number of aliphatic hydroxyl groups excluding tert-OH is 9. The Labute approximate surface area is 699 Å². The second-order valence-corrected chi connectivity index (χ2v) is 35.2. The topological polar surface area (TPSA) is 753 Å². The first-order valence-corrected chi connectivity index (χ1v) is 42.2. The highest BCUT2D eigenvalue weighted by Gasteiger charge is 2.56. The standard InChI is InChI=1S/C21H43N5O7.C20H41N5O7.C19H39N5O7.C15H21N5O4/c1-9(25-3)13-6-5-10(22)19(31-13)32-16-11(23)7-12(24)17(14(16)27)33-20-15(28)18(26-4)21(2,29)8-30-20;1-8(21)12-5-4-9(22)18(30-12)31-15-10(23)6-11(24)16(13(15)26)32-19-14(27)17(25-3)20(2,28)7-29-19;1-19(27)7-28-18(13(26)16(19)24-2)31-15-11(23)5-10(22)14(12(15)25)30-17-9(21)4-3-8(6-20)29-17;21-5-9-11(22)12(23)15(24-9)20-7-18-10-13(16-6-17-14(10)20)19-8-3-1-2-4-8/h9-20,25-29H,5-8,22-24H2,1-4H3;8-19,25-28H,4-7,21-24H2,1-3H3;8-18,24-27H,3-7,20-23H2,1-2H3;6-9,11-12,15,21-23H,1-5H2,(H,16,17,19)/t9-,10-,11+,12-,13+,14+,15-,16-,17+,18-,19-,20-,21+;8-,9-,10+,11-,12+,13+,14-,15-,16+,17-,18-,19-,20+;8-,9+,10-,11+,12-,13+,14+,15-,16+,17+,18+,19-;9-,11-,12-,15-/m1101/s1. The summed E-state index contributed by atoms with van der Waals surface area (Å²) in [7, 11) is 6.74. The molecule has 11 aliphatic rings. The molecule has 45 heteroatoms. The van der Waals surface area contributed by atoms with Gasteiger partial charge in [-0.25, -0.2) is 15.0 Å². The molecule has 0 radical (unpaired) electrons. The van der Waals surface area contributed by atoms with Crippen LogP contribution < -0.4 is 89.7 Å². The molecule has 0 spiro atoms. The molecule has 0 aromatic carbocycles. The van der Waals surface area contributed by atoms with E-state index in [9.17, 15) is 61.3 Å². The number of aromatic nitrogens is 4. The van der Waals surface area contributed by atoms with Gasteiger partial charge in [0.25, 0.3) is 0 Å². The van der Waals surface area contributed by atoms with Gasteiger partial charge in [0, 0.05) is 60.9 Å². The van der Waals surface area contributed by atoms with Gasteiger partial charge >= 0.3 is 0 Å². The van der Waals surface area contributed by atoms with E-state index < -0.39 is 207 Å². The molecule has 0 amide bonds. The van der Waals surface area contributed by atoms with E-state index in [1.165, 1.54) is 25.5 Å². The smallest absolute Gasteiger partial charge is 0.185 e. The summed E-state index contributed by atoms with van der Waals surface area (Å²) in [5, 5.41) is 141. The van der Waals surface area contributed by atoms with Crippen molar-refractivity contribution in [2.24, 2.45) is 63.1 Å². The SMILES string of the molecule is CN[C@@H]1[C@@H](O)[C@@H](O[C@@H]2[C@@H](O)[C@H](O[C@H]3O[C@H](CN)CC[C@H]3N)[C@@H](N)C[C@H]2N)OC[C@]1(C)O.CN[C@@H]1[C@@H](O)[C@@H](O[C@@H]2[C@@H](O)[C@H](O[C@H]3O[C@H]([C@@H](C)N)CC[C@H]3N)[C@@H](N)C[C@H]2N)OC[C@]1(C)O.CN[C@@H]1[C@@H](O)[C@@H](O[C@@H]2[C@@H](O)[C@H](O[C@H]3O[C@H]([C@@H](C)NC)CC[C@H]3N)[C@@H](N)C[C@H]2N)OC[C@]1(C)O.OC[C@H]1O[C@@H](n2cnc3c(NC4CCCC4)ncnc32)[C@H](O)[C@@H]1O. The Bertz CT molecular complexity index is 3400. The summed E-state index contributed by atoms with van der Waals surface area (Å²) in [5.41, 5.74) is 65.0. The Morgan fingerprint density at radius 3 is 1.21 bits per heavy atom. The molecule has 0 bridgehead atoms. The maximum Gasteiger partial charge on any atom is 0.185 e. The first-order valence-electron chi connectivity index (χ1n) is 42.2. The molecule has 2 aromatic rings. The van der Waals surface area contributed by atoms with E-state index in [0.717, 1.165) is 32.1 Å². The van der Waals surface area contributed by atoms with Gasteiger partial charge in [0.05, 0.1) is 87.3 Å². The van der Waals surface area contributed by atoms with Crippen molar-refractivity contribution in [3.8, 4) is 0 Å². The summed E-state index contributed by atoms with van der Waals surface area (Å²) in [6.07, 6.45) is -9.69. The van der Waals surface area contributed by atoms with Gasteiger partial charge in [-0.3, -0.25) is 4.57 Å². The molecule has 42 atom stereocenters. The van der Waals surface area contributed by atoms with Gasteiger partial charge < -0.3 is 213 Å². The highest BCUT2D eigenvalue weighted by molar-refractivity contribution is 5.82. The normalized spacial score (nSPS) is 47.0. The molecule has 7 saturated heterocycles. The minimum absolute atomic E-state index is 0.0620. The number of hydrogen-bond acceptors (Lipinski definition) is 44. The van der Waals surface area contributed by atoms with Crippen molar-refractivity contribution in [3.63, 3.8) is 0 Å². The van der Waals surface area contributed by atoms with Crippen LogP contribution in [-0.4, -0.2) is 397 Å². The Hall–Kier alpha value is -3.25. The predicted molar refractivity (Wildman–Crippen MR) is 430 cm³/mol. The van der Waals surface area contributed by atoms with Gasteiger partial charge in [-0.15, -0.1) is 0 Å². The number of nitrogens with zero attached hydrogens (tertiary/aromatic N) is 4. The lowest BCUT2D eigenvalue weighted by molar-refractivity contribution is -0.307. The van der Waals surface area contributed by atoms with E-state index >= 15 is 0 Å². The van der Waals surface area contributed by atoms with Crippen LogP contribution in [-0.2, 0) is 61.6 Å². The maximum atomic E-state index is 11.1. The molecule has 0 unspecified atom stereocenters. The van der Waals surface area contributed by atoms with Gasteiger partial charge in [-0.2, -0.15) is 0 Å². The van der Waals surface area contributed by atoms with Crippen molar-refractivity contribution in [1.82, 2.24) is 40.8 Å². The molecule has 4 saturated carbocycles. The summed E-state index contributed by atoms with van der Waals surface area (Å²) < 4.78 is 77.6. The van der Waals surface area contributed by atoms with Crippen LogP contribution in [0.5, 0.6) is 0 Å². The lowest BCUT2D eigenvalue weighted by atomic mass is 9.84. The second-order valence-electron chi connectivity index (χ2n) is 35.2. The molecule has 11 fully saturated rings. The van der Waals surface area contributed by atoms with Gasteiger partial charge in [-0.05, 0) is 133 Å². The minimum Gasteiger partial charge on any atom is -0.394 e. The second kappa shape index (κ2) is 43.2. The highest BCUT2D eigenvalue weighted by Crippen LogP contribution is 2.39. The number of hydrogen-bond donors (Lipinski definition) is 28. The number of aliphatic hydroxyl groups is 12. The van der Waals surface area contributed by atoms with Crippen LogP contribution in [0.3, 0.4) is 0 Å². The van der Waals surface area contributed by atoms with Gasteiger partial charge in [0.15, 0.2) is 60.9 Å². The van der Waals surface area contributed by atoms with Crippen LogP contribution in [0.1, 0.15) is 124 Å². The molecule has 13 rings (SSSR count). The molecule has 120 heavy (non-hydrogen) atoms. The van der Waals surface area contributed by atoms with Gasteiger partial charge in [-0.1, -0.05) is 12.8 Å². The van der Waals surface area contributed by atoms with Crippen molar-refractivity contribution in [3.05, 3.63) is 12.7 Å². The number of fused-ring (bicyclic) bond motifs is 1. The van der Waals surface area contributed by atoms with E-state index in [1.807, 2.05) is 20.9 Å². The van der Waals surface area contributed by atoms with Crippen LogP contribution in [0, 0.1) is 0 Å². The first-order chi connectivity index (χ1) is 56.7. The summed E-state index contributed by atoms with van der Waals surface area (Å²) in [4.78, 5) is 12.9. The van der Waals surface area contributed by atoms with Gasteiger partial charge in [0.2, 0.25) is 0 Å². The number of likely N-dealkylation sites (N-methyl/N-ethyl adjacent to an activating group) is 4. The van der Waals surface area contributed by atoms with Crippen LogP contribution in [0.15, 0.2) is 12.7 Å². The number of imidazole rings is 1. The third kappa shape index (κ3) is 23.1. The fourth-order valence-corrected chi connectivity index (χ4v) is 18.1. The Morgan fingerprint density at radius 1 is 0.467 bits per heavy atom. The minimum atomic E-state index is -1.29. The summed E-state index contributed by atoms with van der Waals surface area (Å²) >= 11 is 0. The number of anilines is 1. The fourth-order valence-electron chi connectivity index (χ4n) is 18.1. The molecule has 9 heterocycles. The van der Waals surface area contributed by atoms with E-state index in [2.05, 4.69) is 41.5 Å². The van der Waals surface area contributed by atoms with Crippen molar-refractivity contribution >= 4 is 17.0 Å². The molecule has 39 N–H and O–H groups in total. The predicted octanol–water partition coefficient (Wildman–Crippen LogP) is -11.1. The van der Waals surface area contributed by atoms with Crippen LogP contribution >= 0.6 is 0 Å². The first kappa shape index (κ1) is 98.9.